The molecule has 0 spiro atoms. The number of nitrogens with two attached hydrogens (primary N) is 2. The van der Waals surface area contributed by atoms with Crippen molar-refractivity contribution in [3.8, 4) is 0 Å². The Kier molecular flexibility index (Phi) is 6.94. The second kappa shape index (κ2) is 8.35. The first-order chi connectivity index (χ1) is 11.3. The molecule has 8 N–H and O–H groups in total. The van der Waals surface area contributed by atoms with Gasteiger partial charge in [0.1, 0.15) is 6.10 Å². The van der Waals surface area contributed by atoms with Crippen LogP contribution in [0.1, 0.15) is 20.3 Å². The molecule has 2 saturated heterocycles. The van der Waals surface area contributed by atoms with Gasteiger partial charge < -0.3 is 46.1 Å². The third kappa shape index (κ3) is 4.06. The molecule has 2 fully saturated rings. The molecule has 0 saturated carbocycles. The van der Waals surface area contributed by atoms with Gasteiger partial charge in [0.25, 0.3) is 0 Å². The van der Waals surface area contributed by atoms with Gasteiger partial charge >= 0.3 is 0 Å². The minimum atomic E-state index is -1.18. The van der Waals surface area contributed by atoms with E-state index in [9.17, 15) is 20.4 Å². The molecule has 2 aliphatic heterocycles. The summed E-state index contributed by atoms with van der Waals surface area (Å²) in [5.41, 5.74) is 11.8. The van der Waals surface area contributed by atoms with E-state index in [0.29, 0.717) is 0 Å². The standard InChI is InChI=1S/C15H30N2O7/c1-6(2)11-10(5-19)24-15(12(17)13(11)20)23-8-3-7(16)14(21)22-9(8)4-18/h6-15,18-21H,3-5,16-17H2,1-2H3. The minimum Gasteiger partial charge on any atom is -0.394 e. The quantitative estimate of drug-likeness (QED) is 0.314. The fourth-order valence-electron chi connectivity index (χ4n) is 3.48. The van der Waals surface area contributed by atoms with Crippen LogP contribution in [0.25, 0.3) is 0 Å². The van der Waals surface area contributed by atoms with E-state index in [1.54, 1.807) is 0 Å². The molecule has 24 heavy (non-hydrogen) atoms. The van der Waals surface area contributed by atoms with Gasteiger partial charge in [-0.3, -0.25) is 0 Å². The molecular formula is C15H30N2O7. The molecule has 0 radical (unpaired) electrons. The maximum atomic E-state index is 10.5. The molecule has 2 rings (SSSR count). The smallest absolute Gasteiger partial charge is 0.176 e. The highest BCUT2D eigenvalue weighted by Gasteiger charge is 2.47. The Bertz CT molecular complexity index is 398. The molecule has 9 unspecified atom stereocenters. The van der Waals surface area contributed by atoms with E-state index in [-0.39, 0.29) is 31.5 Å². The lowest BCUT2D eigenvalue weighted by Crippen LogP contribution is -2.63. The number of hydrogen-bond donors (Lipinski definition) is 6. The highest BCUT2D eigenvalue weighted by Crippen LogP contribution is 2.33. The van der Waals surface area contributed by atoms with Crippen molar-refractivity contribution in [1.29, 1.82) is 0 Å². The molecule has 9 heteroatoms. The van der Waals surface area contributed by atoms with E-state index in [1.165, 1.54) is 0 Å². The van der Waals surface area contributed by atoms with Crippen LogP contribution in [0.3, 0.4) is 0 Å². The van der Waals surface area contributed by atoms with E-state index in [1.807, 2.05) is 13.8 Å². The third-order valence-corrected chi connectivity index (χ3v) is 4.88. The summed E-state index contributed by atoms with van der Waals surface area (Å²) in [6, 6.07) is -1.48. The first-order valence-electron chi connectivity index (χ1n) is 8.35. The van der Waals surface area contributed by atoms with Gasteiger partial charge in [-0.05, 0) is 12.3 Å². The minimum absolute atomic E-state index is 0.0657. The number of ether oxygens (including phenoxy) is 3. The van der Waals surface area contributed by atoms with Gasteiger partial charge in [0.2, 0.25) is 0 Å². The normalized spacial score (nSPS) is 47.1. The summed E-state index contributed by atoms with van der Waals surface area (Å²) < 4.78 is 16.8. The van der Waals surface area contributed by atoms with E-state index in [2.05, 4.69) is 0 Å². The summed E-state index contributed by atoms with van der Waals surface area (Å²) in [5.74, 6) is -0.249. The number of rotatable bonds is 5. The zero-order valence-corrected chi connectivity index (χ0v) is 14.1. The molecule has 0 aromatic carbocycles. The van der Waals surface area contributed by atoms with Crippen LogP contribution < -0.4 is 11.5 Å². The second-order valence-corrected chi connectivity index (χ2v) is 6.94. The topological polar surface area (TPSA) is 161 Å². The molecule has 0 aromatic heterocycles. The van der Waals surface area contributed by atoms with Crippen LogP contribution in [0.5, 0.6) is 0 Å². The van der Waals surface area contributed by atoms with Crippen molar-refractivity contribution >= 4 is 0 Å². The second-order valence-electron chi connectivity index (χ2n) is 6.94. The average molecular weight is 350 g/mol. The third-order valence-electron chi connectivity index (χ3n) is 4.88. The van der Waals surface area contributed by atoms with Crippen molar-refractivity contribution in [3.05, 3.63) is 0 Å². The Morgan fingerprint density at radius 1 is 1.08 bits per heavy atom. The van der Waals surface area contributed by atoms with Crippen LogP contribution >= 0.6 is 0 Å². The molecule has 0 bridgehead atoms. The average Bonchev–Trinajstić information content (AvgIpc) is 2.54. The first kappa shape index (κ1) is 20.0. The van der Waals surface area contributed by atoms with Gasteiger partial charge in [0.15, 0.2) is 12.6 Å². The summed E-state index contributed by atoms with van der Waals surface area (Å²) >= 11 is 0. The van der Waals surface area contributed by atoms with Gasteiger partial charge in [-0.25, -0.2) is 0 Å². The predicted octanol–water partition coefficient (Wildman–Crippen LogP) is -2.52. The zero-order chi connectivity index (χ0) is 18.0. The Labute approximate surface area is 141 Å². The van der Waals surface area contributed by atoms with Crippen LogP contribution in [-0.4, -0.2) is 82.7 Å². The maximum absolute atomic E-state index is 10.5. The highest BCUT2D eigenvalue weighted by atomic mass is 16.7. The summed E-state index contributed by atoms with van der Waals surface area (Å²) in [6.07, 6.45) is -4.85. The fraction of sp³-hybridized carbons (Fsp3) is 1.00. The summed E-state index contributed by atoms with van der Waals surface area (Å²) in [5, 5.41) is 39.1. The van der Waals surface area contributed by atoms with Crippen molar-refractivity contribution in [2.75, 3.05) is 13.2 Å². The van der Waals surface area contributed by atoms with Crippen molar-refractivity contribution in [3.63, 3.8) is 0 Å². The van der Waals surface area contributed by atoms with Gasteiger partial charge in [0, 0.05) is 5.92 Å². The van der Waals surface area contributed by atoms with Crippen molar-refractivity contribution in [2.24, 2.45) is 23.3 Å². The molecule has 2 aliphatic rings. The lowest BCUT2D eigenvalue weighted by Gasteiger charge is -2.46. The lowest BCUT2D eigenvalue weighted by molar-refractivity contribution is -0.304. The first-order valence-corrected chi connectivity index (χ1v) is 8.35. The SMILES string of the molecule is CC(C)C1C(CO)OC(OC2CC(N)C(O)OC2CO)C(N)C1O. The van der Waals surface area contributed by atoms with Crippen LogP contribution in [0.4, 0.5) is 0 Å². The van der Waals surface area contributed by atoms with Crippen LogP contribution in [0.15, 0.2) is 0 Å². The van der Waals surface area contributed by atoms with Crippen LogP contribution in [0.2, 0.25) is 0 Å². The molecule has 9 atom stereocenters. The predicted molar refractivity (Wildman–Crippen MR) is 83.5 cm³/mol. The number of aliphatic hydroxyl groups is 4. The maximum Gasteiger partial charge on any atom is 0.176 e. The van der Waals surface area contributed by atoms with E-state index >= 15 is 0 Å². The highest BCUT2D eigenvalue weighted by molar-refractivity contribution is 4.94. The van der Waals surface area contributed by atoms with E-state index in [4.69, 9.17) is 25.7 Å². The number of aliphatic hydroxyl groups excluding tert-OH is 4. The lowest BCUT2D eigenvalue weighted by atomic mass is 9.80. The Hall–Kier alpha value is -0.360. The van der Waals surface area contributed by atoms with Crippen molar-refractivity contribution in [1.82, 2.24) is 0 Å². The van der Waals surface area contributed by atoms with E-state index in [0.717, 1.165) is 0 Å². The number of hydrogen-bond acceptors (Lipinski definition) is 9. The summed E-state index contributed by atoms with van der Waals surface area (Å²) in [6.45, 7) is 3.21. The van der Waals surface area contributed by atoms with Crippen LogP contribution in [-0.2, 0) is 14.2 Å². The van der Waals surface area contributed by atoms with Gasteiger partial charge in [-0.1, -0.05) is 13.8 Å². The summed E-state index contributed by atoms with van der Waals surface area (Å²) in [4.78, 5) is 0. The van der Waals surface area contributed by atoms with Gasteiger partial charge in [-0.2, -0.15) is 0 Å². The molecule has 142 valence electrons. The molecule has 0 aliphatic carbocycles. The molecule has 2 heterocycles. The van der Waals surface area contributed by atoms with Crippen molar-refractivity contribution in [2.45, 2.75) is 69.3 Å². The van der Waals surface area contributed by atoms with Crippen LogP contribution in [0, 0.1) is 11.8 Å². The summed E-state index contributed by atoms with van der Waals surface area (Å²) in [7, 11) is 0. The molecule has 0 aromatic rings. The monoisotopic (exact) mass is 350 g/mol. The zero-order valence-electron chi connectivity index (χ0n) is 14.1. The molecule has 0 amide bonds. The van der Waals surface area contributed by atoms with Gasteiger partial charge in [-0.15, -0.1) is 0 Å². The molecular weight excluding hydrogens is 320 g/mol. The van der Waals surface area contributed by atoms with E-state index < -0.39 is 49.1 Å². The van der Waals surface area contributed by atoms with Gasteiger partial charge in [0.05, 0.1) is 43.6 Å². The Morgan fingerprint density at radius 2 is 1.71 bits per heavy atom. The Balaban J connectivity index is 2.08. The fourth-order valence-corrected chi connectivity index (χ4v) is 3.48. The Morgan fingerprint density at radius 3 is 2.25 bits per heavy atom. The van der Waals surface area contributed by atoms with Crippen molar-refractivity contribution < 1.29 is 34.6 Å². The molecule has 9 nitrogen and oxygen atoms in total. The largest absolute Gasteiger partial charge is 0.394 e.